The van der Waals surface area contributed by atoms with E-state index >= 15 is 0 Å². The number of fused-ring (bicyclic) bond motifs is 1. The van der Waals surface area contributed by atoms with Crippen LogP contribution in [-0.2, 0) is 4.79 Å². The van der Waals surface area contributed by atoms with Gasteiger partial charge in [-0.25, -0.2) is 9.67 Å². The van der Waals surface area contributed by atoms with Gasteiger partial charge in [0.2, 0.25) is 5.91 Å². The third-order valence-corrected chi connectivity index (χ3v) is 4.74. The minimum atomic E-state index is -0.239. The first-order chi connectivity index (χ1) is 14.3. The molecule has 0 radical (unpaired) electrons. The molecule has 0 unspecified atom stereocenters. The Labute approximate surface area is 176 Å². The third kappa shape index (κ3) is 4.84. The molecule has 0 saturated heterocycles. The van der Waals surface area contributed by atoms with Gasteiger partial charge in [-0.05, 0) is 40.7 Å². The number of carbonyl (C=O) groups excluding carboxylic acids is 2. The second-order valence-corrected chi connectivity index (χ2v) is 8.07. The van der Waals surface area contributed by atoms with Gasteiger partial charge in [0.05, 0.1) is 22.8 Å². The van der Waals surface area contributed by atoms with Crippen LogP contribution in [-0.4, -0.2) is 39.2 Å². The van der Waals surface area contributed by atoms with Gasteiger partial charge in [0.15, 0.2) is 5.65 Å². The van der Waals surface area contributed by atoms with Crippen LogP contribution >= 0.6 is 0 Å². The molecule has 30 heavy (non-hydrogen) atoms. The molecule has 0 fully saturated rings. The maximum absolute atomic E-state index is 13.0. The van der Waals surface area contributed by atoms with Gasteiger partial charge in [-0.15, -0.1) is 0 Å². The van der Waals surface area contributed by atoms with Gasteiger partial charge in [-0.2, -0.15) is 5.10 Å². The number of nitrogens with zero attached hydrogens (tertiary/aromatic N) is 3. The molecule has 0 saturated carbocycles. The molecule has 2 amide bonds. The van der Waals surface area contributed by atoms with Crippen molar-refractivity contribution in [1.82, 2.24) is 25.4 Å². The van der Waals surface area contributed by atoms with Crippen LogP contribution in [0.3, 0.4) is 0 Å². The van der Waals surface area contributed by atoms with Gasteiger partial charge >= 0.3 is 0 Å². The number of rotatable bonds is 7. The summed E-state index contributed by atoms with van der Waals surface area (Å²) in [7, 11) is 0. The highest BCUT2D eigenvalue weighted by atomic mass is 16.2. The van der Waals surface area contributed by atoms with E-state index in [1.165, 1.54) is 0 Å². The lowest BCUT2D eigenvalue weighted by Gasteiger charge is -2.12. The summed E-state index contributed by atoms with van der Waals surface area (Å²) in [4.78, 5) is 29.6. The Morgan fingerprint density at radius 3 is 2.43 bits per heavy atom. The summed E-state index contributed by atoms with van der Waals surface area (Å²) in [6.07, 6.45) is 1.91. The van der Waals surface area contributed by atoms with E-state index in [-0.39, 0.29) is 36.9 Å². The lowest BCUT2D eigenvalue weighted by atomic mass is 10.1. The van der Waals surface area contributed by atoms with Crippen LogP contribution in [0.1, 0.15) is 56.1 Å². The SMILES string of the molecule is Cc1ccc(-c2cc(C(=O)NCCC(=O)NC(C)C)c3cnn(C(C)C)c3n2)cc1. The van der Waals surface area contributed by atoms with Crippen molar-refractivity contribution in [3.8, 4) is 11.3 Å². The van der Waals surface area contributed by atoms with Crippen molar-refractivity contribution in [1.29, 1.82) is 0 Å². The molecule has 0 aliphatic carbocycles. The van der Waals surface area contributed by atoms with Crippen molar-refractivity contribution in [2.75, 3.05) is 6.54 Å². The first kappa shape index (κ1) is 21.5. The Morgan fingerprint density at radius 2 is 1.80 bits per heavy atom. The number of aromatic nitrogens is 3. The average Bonchev–Trinajstić information content (AvgIpc) is 3.11. The van der Waals surface area contributed by atoms with E-state index in [2.05, 4.69) is 15.7 Å². The van der Waals surface area contributed by atoms with E-state index in [4.69, 9.17) is 4.98 Å². The van der Waals surface area contributed by atoms with Crippen LogP contribution in [0.2, 0.25) is 0 Å². The van der Waals surface area contributed by atoms with E-state index in [0.717, 1.165) is 11.1 Å². The molecule has 2 N–H and O–H groups in total. The molecule has 2 heterocycles. The van der Waals surface area contributed by atoms with Crippen molar-refractivity contribution in [3.63, 3.8) is 0 Å². The molecule has 2 aromatic heterocycles. The quantitative estimate of drug-likeness (QED) is 0.626. The van der Waals surface area contributed by atoms with E-state index in [1.54, 1.807) is 12.3 Å². The predicted octanol–water partition coefficient (Wildman–Crippen LogP) is 3.63. The van der Waals surface area contributed by atoms with Crippen molar-refractivity contribution in [2.45, 2.75) is 53.1 Å². The van der Waals surface area contributed by atoms with Gasteiger partial charge in [0, 0.05) is 30.6 Å². The van der Waals surface area contributed by atoms with Crippen molar-refractivity contribution in [2.24, 2.45) is 0 Å². The first-order valence-corrected chi connectivity index (χ1v) is 10.3. The normalized spacial score (nSPS) is 11.3. The standard InChI is InChI=1S/C23H29N5O2/c1-14(2)26-21(29)10-11-24-23(30)18-12-20(17-8-6-16(5)7-9-17)27-22-19(18)13-25-28(22)15(3)4/h6-9,12-15H,10-11H2,1-5H3,(H,24,30)(H,26,29). The number of pyridine rings is 1. The molecule has 0 atom stereocenters. The monoisotopic (exact) mass is 407 g/mol. The number of hydrogen-bond donors (Lipinski definition) is 2. The van der Waals surface area contributed by atoms with E-state index in [9.17, 15) is 9.59 Å². The Morgan fingerprint density at radius 1 is 1.10 bits per heavy atom. The molecule has 7 nitrogen and oxygen atoms in total. The largest absolute Gasteiger partial charge is 0.354 e. The Kier molecular flexibility index (Phi) is 6.50. The van der Waals surface area contributed by atoms with Gasteiger partial charge in [-0.3, -0.25) is 9.59 Å². The molecule has 7 heteroatoms. The fourth-order valence-electron chi connectivity index (χ4n) is 3.23. The minimum Gasteiger partial charge on any atom is -0.354 e. The van der Waals surface area contributed by atoms with Crippen LogP contribution in [0.15, 0.2) is 36.5 Å². The number of amides is 2. The maximum Gasteiger partial charge on any atom is 0.252 e. The molecule has 0 bridgehead atoms. The second kappa shape index (κ2) is 9.07. The second-order valence-electron chi connectivity index (χ2n) is 8.07. The Balaban J connectivity index is 1.93. The van der Waals surface area contributed by atoms with E-state index in [1.807, 2.05) is 63.6 Å². The molecule has 3 aromatic rings. The van der Waals surface area contributed by atoms with Crippen molar-refractivity contribution in [3.05, 3.63) is 47.7 Å². The summed E-state index contributed by atoms with van der Waals surface area (Å²) in [5, 5.41) is 10.8. The lowest BCUT2D eigenvalue weighted by Crippen LogP contribution is -2.34. The Hall–Kier alpha value is -3.22. The number of carbonyl (C=O) groups is 2. The molecule has 158 valence electrons. The predicted molar refractivity (Wildman–Crippen MR) is 118 cm³/mol. The molecule has 0 aliphatic heterocycles. The molecule has 0 spiro atoms. The summed E-state index contributed by atoms with van der Waals surface area (Å²) in [5.74, 6) is -0.324. The van der Waals surface area contributed by atoms with Gasteiger partial charge < -0.3 is 10.6 Å². The topological polar surface area (TPSA) is 88.9 Å². The van der Waals surface area contributed by atoms with Crippen LogP contribution in [0.4, 0.5) is 0 Å². The summed E-state index contributed by atoms with van der Waals surface area (Å²) >= 11 is 0. The van der Waals surface area contributed by atoms with E-state index < -0.39 is 0 Å². The molecule has 1 aromatic carbocycles. The molecular formula is C23H29N5O2. The van der Waals surface area contributed by atoms with Crippen molar-refractivity contribution < 1.29 is 9.59 Å². The van der Waals surface area contributed by atoms with Crippen LogP contribution < -0.4 is 10.6 Å². The zero-order chi connectivity index (χ0) is 21.8. The van der Waals surface area contributed by atoms with Crippen molar-refractivity contribution >= 4 is 22.8 Å². The van der Waals surface area contributed by atoms with E-state index in [0.29, 0.717) is 22.3 Å². The number of nitrogens with one attached hydrogen (secondary N) is 2. The smallest absolute Gasteiger partial charge is 0.252 e. The highest BCUT2D eigenvalue weighted by molar-refractivity contribution is 6.06. The highest BCUT2D eigenvalue weighted by Gasteiger charge is 2.18. The molecule has 0 aliphatic rings. The van der Waals surface area contributed by atoms with Gasteiger partial charge in [0.1, 0.15) is 0 Å². The van der Waals surface area contributed by atoms with Gasteiger partial charge in [0.25, 0.3) is 5.91 Å². The summed E-state index contributed by atoms with van der Waals surface area (Å²) in [6.45, 7) is 10.2. The zero-order valence-corrected chi connectivity index (χ0v) is 18.2. The van der Waals surface area contributed by atoms with Crippen LogP contribution in [0.25, 0.3) is 22.3 Å². The lowest BCUT2D eigenvalue weighted by molar-refractivity contribution is -0.121. The fourth-order valence-corrected chi connectivity index (χ4v) is 3.23. The van der Waals surface area contributed by atoms with Crippen LogP contribution in [0, 0.1) is 6.92 Å². The minimum absolute atomic E-state index is 0.0759. The van der Waals surface area contributed by atoms with Gasteiger partial charge in [-0.1, -0.05) is 29.8 Å². The number of benzene rings is 1. The molecule has 3 rings (SSSR count). The third-order valence-electron chi connectivity index (χ3n) is 4.74. The highest BCUT2D eigenvalue weighted by Crippen LogP contribution is 2.26. The summed E-state index contributed by atoms with van der Waals surface area (Å²) in [6, 6.07) is 10.0. The van der Waals surface area contributed by atoms with Crippen LogP contribution in [0.5, 0.6) is 0 Å². The maximum atomic E-state index is 13.0. The number of aryl methyl sites for hydroxylation is 1. The summed E-state index contributed by atoms with van der Waals surface area (Å²) < 4.78 is 1.82. The first-order valence-electron chi connectivity index (χ1n) is 10.3. The fraction of sp³-hybridized carbons (Fsp3) is 0.391. The zero-order valence-electron chi connectivity index (χ0n) is 18.2. The average molecular weight is 408 g/mol. The Bertz CT molecular complexity index is 1050. The molecular weight excluding hydrogens is 378 g/mol. The number of hydrogen-bond acceptors (Lipinski definition) is 4. The summed E-state index contributed by atoms with van der Waals surface area (Å²) in [5.41, 5.74) is 3.99.